The van der Waals surface area contributed by atoms with Crippen molar-refractivity contribution in [2.24, 2.45) is 0 Å². The highest BCUT2D eigenvalue weighted by Crippen LogP contribution is 2.21. The first kappa shape index (κ1) is 11.9. The number of aromatic nitrogens is 3. The third kappa shape index (κ3) is 2.00. The maximum Gasteiger partial charge on any atom is 0.354 e. The third-order valence-electron chi connectivity index (χ3n) is 2.92. The highest BCUT2D eigenvalue weighted by Gasteiger charge is 2.10. The summed E-state index contributed by atoms with van der Waals surface area (Å²) in [5.74, 6) is 0.535. The molecule has 0 bridgehead atoms. The van der Waals surface area contributed by atoms with Crippen molar-refractivity contribution in [1.29, 1.82) is 0 Å². The number of hydrogen-bond acceptors (Lipinski definition) is 3. The van der Waals surface area contributed by atoms with Crippen LogP contribution in [0.3, 0.4) is 0 Å². The monoisotopic (exact) mass is 271 g/mol. The highest BCUT2D eigenvalue weighted by atomic mass is 35.5. The molecule has 0 spiro atoms. The zero-order valence-electron chi connectivity index (χ0n) is 10.2. The second-order valence-corrected chi connectivity index (χ2v) is 4.60. The van der Waals surface area contributed by atoms with Gasteiger partial charge in [0.15, 0.2) is 0 Å². The molecule has 4 nitrogen and oxygen atoms in total. The van der Waals surface area contributed by atoms with Gasteiger partial charge in [-0.05, 0) is 37.3 Å². The first-order valence-electron chi connectivity index (χ1n) is 5.77. The fraction of sp³-hybridized carbons (Fsp3) is 0.0714. The van der Waals surface area contributed by atoms with Crippen LogP contribution < -0.4 is 5.69 Å². The summed E-state index contributed by atoms with van der Waals surface area (Å²) in [4.78, 5) is 20.4. The second kappa shape index (κ2) is 4.48. The van der Waals surface area contributed by atoms with Crippen LogP contribution >= 0.6 is 11.6 Å². The van der Waals surface area contributed by atoms with Crippen molar-refractivity contribution in [2.75, 3.05) is 0 Å². The van der Waals surface area contributed by atoms with Gasteiger partial charge in [0.1, 0.15) is 5.82 Å². The van der Waals surface area contributed by atoms with Gasteiger partial charge >= 0.3 is 5.69 Å². The van der Waals surface area contributed by atoms with Crippen LogP contribution in [0, 0.1) is 6.92 Å². The molecule has 0 radical (unpaired) electrons. The molecular weight excluding hydrogens is 262 g/mol. The predicted molar refractivity (Wildman–Crippen MR) is 74.9 cm³/mol. The van der Waals surface area contributed by atoms with E-state index in [1.54, 1.807) is 37.4 Å². The van der Waals surface area contributed by atoms with Gasteiger partial charge in [-0.1, -0.05) is 17.7 Å². The van der Waals surface area contributed by atoms with Crippen molar-refractivity contribution < 1.29 is 0 Å². The van der Waals surface area contributed by atoms with Gasteiger partial charge in [-0.25, -0.2) is 14.3 Å². The van der Waals surface area contributed by atoms with E-state index in [0.717, 1.165) is 5.39 Å². The topological polar surface area (TPSA) is 47.8 Å². The molecule has 0 aliphatic rings. The lowest BCUT2D eigenvalue weighted by molar-refractivity contribution is 0.908. The van der Waals surface area contributed by atoms with E-state index < -0.39 is 0 Å². The van der Waals surface area contributed by atoms with Gasteiger partial charge in [0.25, 0.3) is 0 Å². The maximum absolute atomic E-state index is 12.1. The van der Waals surface area contributed by atoms with Crippen LogP contribution in [0.25, 0.3) is 16.7 Å². The number of benzene rings is 1. The van der Waals surface area contributed by atoms with Crippen LogP contribution in [-0.4, -0.2) is 14.5 Å². The first-order valence-corrected chi connectivity index (χ1v) is 6.15. The molecule has 19 heavy (non-hydrogen) atoms. The fourth-order valence-electron chi connectivity index (χ4n) is 2.06. The smallest absolute Gasteiger partial charge is 0.245 e. The van der Waals surface area contributed by atoms with Crippen molar-refractivity contribution in [3.8, 4) is 5.82 Å². The average Bonchev–Trinajstić information content (AvgIpc) is 2.39. The van der Waals surface area contributed by atoms with Gasteiger partial charge in [0, 0.05) is 16.6 Å². The minimum Gasteiger partial charge on any atom is -0.245 e. The molecule has 0 aliphatic heterocycles. The molecule has 1 aromatic carbocycles. The van der Waals surface area contributed by atoms with E-state index in [0.29, 0.717) is 22.1 Å². The Balaban J connectivity index is 2.48. The van der Waals surface area contributed by atoms with Crippen LogP contribution in [0.2, 0.25) is 5.02 Å². The lowest BCUT2D eigenvalue weighted by Gasteiger charge is -2.10. The van der Waals surface area contributed by atoms with E-state index >= 15 is 0 Å². The van der Waals surface area contributed by atoms with E-state index in [9.17, 15) is 4.79 Å². The molecule has 0 aliphatic carbocycles. The summed E-state index contributed by atoms with van der Waals surface area (Å²) in [7, 11) is 0. The quantitative estimate of drug-likeness (QED) is 0.684. The molecule has 3 rings (SSSR count). The largest absolute Gasteiger partial charge is 0.354 e. The molecule has 0 N–H and O–H groups in total. The standard InChI is InChI=1S/C14H10ClN3O/c1-9-11-6-5-10(15)8-12(11)18(14(19)17-9)13-4-2-3-7-16-13/h2-8H,1H3. The Kier molecular flexibility index (Phi) is 2.80. The third-order valence-corrected chi connectivity index (χ3v) is 3.16. The summed E-state index contributed by atoms with van der Waals surface area (Å²) in [6.45, 7) is 1.81. The van der Waals surface area contributed by atoms with Gasteiger partial charge in [0.05, 0.1) is 11.2 Å². The van der Waals surface area contributed by atoms with Crippen molar-refractivity contribution in [2.45, 2.75) is 6.92 Å². The van der Waals surface area contributed by atoms with Crippen molar-refractivity contribution in [1.82, 2.24) is 14.5 Å². The van der Waals surface area contributed by atoms with Crippen LogP contribution in [0.1, 0.15) is 5.69 Å². The van der Waals surface area contributed by atoms with Crippen LogP contribution in [0.5, 0.6) is 0 Å². The number of pyridine rings is 1. The lowest BCUT2D eigenvalue weighted by atomic mass is 10.2. The van der Waals surface area contributed by atoms with Crippen molar-refractivity contribution in [3.63, 3.8) is 0 Å². The molecule has 0 unspecified atom stereocenters. The number of aryl methyl sites for hydroxylation is 1. The zero-order valence-corrected chi connectivity index (χ0v) is 10.9. The van der Waals surface area contributed by atoms with E-state index in [1.807, 2.05) is 12.1 Å². The molecule has 0 saturated carbocycles. The van der Waals surface area contributed by atoms with Crippen LogP contribution in [0.15, 0.2) is 47.4 Å². The van der Waals surface area contributed by atoms with Gasteiger partial charge in [-0.15, -0.1) is 0 Å². The Morgan fingerprint density at radius 2 is 2.05 bits per heavy atom. The molecule has 0 atom stereocenters. The van der Waals surface area contributed by atoms with E-state index in [-0.39, 0.29) is 5.69 Å². The normalized spacial score (nSPS) is 10.8. The van der Waals surface area contributed by atoms with Gasteiger partial charge in [0.2, 0.25) is 0 Å². The SMILES string of the molecule is Cc1nc(=O)n(-c2ccccn2)c2cc(Cl)ccc12. The fourth-order valence-corrected chi connectivity index (χ4v) is 2.23. The van der Waals surface area contributed by atoms with Crippen molar-refractivity contribution >= 4 is 22.5 Å². The molecule has 0 saturated heterocycles. The molecule has 0 amide bonds. The first-order chi connectivity index (χ1) is 9.16. The molecule has 0 fully saturated rings. The summed E-state index contributed by atoms with van der Waals surface area (Å²) in [6.07, 6.45) is 1.64. The van der Waals surface area contributed by atoms with Gasteiger partial charge in [-0.3, -0.25) is 0 Å². The lowest BCUT2D eigenvalue weighted by Crippen LogP contribution is -2.23. The Labute approximate surface area is 114 Å². The van der Waals surface area contributed by atoms with E-state index in [2.05, 4.69) is 9.97 Å². The highest BCUT2D eigenvalue weighted by molar-refractivity contribution is 6.31. The van der Waals surface area contributed by atoms with E-state index in [4.69, 9.17) is 11.6 Å². The Hall–Kier alpha value is -2.20. The molecule has 5 heteroatoms. The number of hydrogen-bond donors (Lipinski definition) is 0. The number of rotatable bonds is 1. The Morgan fingerprint density at radius 1 is 1.21 bits per heavy atom. The van der Waals surface area contributed by atoms with Gasteiger partial charge < -0.3 is 0 Å². The molecular formula is C14H10ClN3O. The van der Waals surface area contributed by atoms with Crippen LogP contribution in [-0.2, 0) is 0 Å². The summed E-state index contributed by atoms with van der Waals surface area (Å²) < 4.78 is 1.47. The number of nitrogens with zero attached hydrogens (tertiary/aromatic N) is 3. The molecule has 2 aromatic heterocycles. The number of halogens is 1. The molecule has 2 heterocycles. The zero-order chi connectivity index (χ0) is 13.4. The molecule has 94 valence electrons. The minimum atomic E-state index is -0.356. The maximum atomic E-state index is 12.1. The minimum absolute atomic E-state index is 0.356. The Bertz CT molecular complexity index is 812. The predicted octanol–water partition coefficient (Wildman–Crippen LogP) is 2.74. The molecule has 3 aromatic rings. The Morgan fingerprint density at radius 3 is 2.79 bits per heavy atom. The van der Waals surface area contributed by atoms with Crippen molar-refractivity contribution in [3.05, 3.63) is 63.8 Å². The second-order valence-electron chi connectivity index (χ2n) is 4.16. The average molecular weight is 272 g/mol. The van der Waals surface area contributed by atoms with Gasteiger partial charge in [-0.2, -0.15) is 4.98 Å². The summed E-state index contributed by atoms with van der Waals surface area (Å²) >= 11 is 6.03. The summed E-state index contributed by atoms with van der Waals surface area (Å²) in [5.41, 5.74) is 1.04. The van der Waals surface area contributed by atoms with Crippen LogP contribution in [0.4, 0.5) is 0 Å². The summed E-state index contributed by atoms with van der Waals surface area (Å²) in [5, 5.41) is 1.46. The summed E-state index contributed by atoms with van der Waals surface area (Å²) in [6, 6.07) is 10.8. The number of fused-ring (bicyclic) bond motifs is 1. The van der Waals surface area contributed by atoms with E-state index in [1.165, 1.54) is 4.57 Å².